The number of hydrogen-bond donors (Lipinski definition) is 0. The van der Waals surface area contributed by atoms with Crippen LogP contribution in [0.15, 0.2) is 212 Å². The van der Waals surface area contributed by atoms with E-state index in [1.54, 1.807) is 0 Å². The Morgan fingerprint density at radius 3 is 1.58 bits per heavy atom. The second-order valence-electron chi connectivity index (χ2n) is 17.4. The molecule has 0 spiro atoms. The minimum absolute atomic E-state index is 0.262. The quantitative estimate of drug-likeness (QED) is 0.155. The molecule has 1 aliphatic carbocycles. The Morgan fingerprint density at radius 1 is 0.323 bits per heavy atom. The van der Waals surface area contributed by atoms with E-state index in [2.05, 4.69) is 243 Å². The van der Waals surface area contributed by atoms with Gasteiger partial charge in [-0.25, -0.2) is 0 Å². The number of rotatable bonds is 6. The molecule has 62 heavy (non-hydrogen) atoms. The molecule has 0 saturated heterocycles. The molecule has 0 fully saturated rings. The normalized spacial score (nSPS) is 12.9. The highest BCUT2D eigenvalue weighted by Gasteiger charge is 2.36. The first-order valence-corrected chi connectivity index (χ1v) is 21.7. The van der Waals surface area contributed by atoms with Crippen molar-refractivity contribution in [3.63, 3.8) is 0 Å². The molecule has 2 nitrogen and oxygen atoms in total. The summed E-state index contributed by atoms with van der Waals surface area (Å²) in [6.45, 7) is 7.15. The van der Waals surface area contributed by atoms with E-state index in [4.69, 9.17) is 0 Å². The molecule has 294 valence electrons. The van der Waals surface area contributed by atoms with Crippen LogP contribution in [-0.4, -0.2) is 0 Å². The third-order valence-corrected chi connectivity index (χ3v) is 13.5. The van der Waals surface area contributed by atoms with E-state index in [0.717, 1.165) is 34.1 Å². The van der Waals surface area contributed by atoms with E-state index in [0.29, 0.717) is 0 Å². The third-order valence-electron chi connectivity index (χ3n) is 13.5. The summed E-state index contributed by atoms with van der Waals surface area (Å²) in [5, 5.41) is 12.7. The predicted octanol–water partition coefficient (Wildman–Crippen LogP) is 17.0. The second-order valence-corrected chi connectivity index (χ2v) is 17.4. The highest BCUT2D eigenvalue weighted by molar-refractivity contribution is 6.19. The molecular formula is C60H44N2. The monoisotopic (exact) mass is 792 g/mol. The zero-order valence-corrected chi connectivity index (χ0v) is 35.1. The topological polar surface area (TPSA) is 6.48 Å². The van der Waals surface area contributed by atoms with Crippen molar-refractivity contribution in [1.82, 2.24) is 0 Å². The molecule has 0 heterocycles. The molecule has 0 saturated carbocycles. The van der Waals surface area contributed by atoms with Gasteiger partial charge in [-0.05, 0) is 161 Å². The molecule has 11 aromatic rings. The van der Waals surface area contributed by atoms with Gasteiger partial charge in [0, 0.05) is 39.5 Å². The van der Waals surface area contributed by atoms with Crippen molar-refractivity contribution >= 4 is 88.0 Å². The van der Waals surface area contributed by atoms with Gasteiger partial charge >= 0.3 is 0 Å². The number of para-hydroxylation sites is 2. The zero-order valence-electron chi connectivity index (χ0n) is 35.1. The summed E-state index contributed by atoms with van der Waals surface area (Å²) in [6, 6.07) is 78.3. The van der Waals surface area contributed by atoms with Crippen molar-refractivity contribution < 1.29 is 0 Å². The maximum absolute atomic E-state index is 2.46. The van der Waals surface area contributed by atoms with Gasteiger partial charge in [-0.3, -0.25) is 0 Å². The molecule has 2 heteroatoms. The Morgan fingerprint density at radius 2 is 0.839 bits per heavy atom. The van der Waals surface area contributed by atoms with Gasteiger partial charge < -0.3 is 9.80 Å². The molecule has 0 amide bonds. The summed E-state index contributed by atoms with van der Waals surface area (Å²) in [6.07, 6.45) is 0. The Bertz CT molecular complexity index is 3570. The van der Waals surface area contributed by atoms with Crippen LogP contribution in [0, 0.1) is 6.92 Å². The van der Waals surface area contributed by atoms with Crippen LogP contribution < -0.4 is 9.80 Å². The smallest absolute Gasteiger partial charge is 0.0468 e. The summed E-state index contributed by atoms with van der Waals surface area (Å²) in [4.78, 5) is 4.82. The van der Waals surface area contributed by atoms with Gasteiger partial charge in [0.05, 0.1) is 0 Å². The number of benzene rings is 11. The van der Waals surface area contributed by atoms with Crippen LogP contribution >= 0.6 is 0 Å². The molecule has 0 atom stereocenters. The number of aryl methyl sites for hydroxylation is 1. The summed E-state index contributed by atoms with van der Waals surface area (Å²) in [7, 11) is 0. The highest BCUT2D eigenvalue weighted by atomic mass is 15.1. The van der Waals surface area contributed by atoms with Crippen LogP contribution in [0.2, 0.25) is 0 Å². The molecule has 0 unspecified atom stereocenters. The Kier molecular flexibility index (Phi) is 8.14. The predicted molar refractivity (Wildman–Crippen MR) is 266 cm³/mol. The SMILES string of the molecule is Cc1c2c3c(cccc3c3cc(N(c4ccccc4)c4ccc5ccccc5c4)ccc13)C(C)(C)c1cc(N(c3ccccc3)c3ccc4c(ccc5ccccc54)c3)ccc1-2. The molecule has 12 rings (SSSR count). The van der Waals surface area contributed by atoms with Gasteiger partial charge in [-0.2, -0.15) is 0 Å². The molecule has 1 aliphatic rings. The first-order chi connectivity index (χ1) is 30.4. The van der Waals surface area contributed by atoms with Crippen molar-refractivity contribution in [2.75, 3.05) is 9.80 Å². The van der Waals surface area contributed by atoms with Crippen molar-refractivity contribution in [1.29, 1.82) is 0 Å². The van der Waals surface area contributed by atoms with Gasteiger partial charge in [-0.1, -0.05) is 153 Å². The largest absolute Gasteiger partial charge is 0.310 e. The third kappa shape index (κ3) is 5.57. The van der Waals surface area contributed by atoms with Crippen molar-refractivity contribution in [2.24, 2.45) is 0 Å². The van der Waals surface area contributed by atoms with Crippen molar-refractivity contribution in [3.8, 4) is 11.1 Å². The van der Waals surface area contributed by atoms with Crippen LogP contribution in [-0.2, 0) is 5.41 Å². The lowest BCUT2D eigenvalue weighted by molar-refractivity contribution is 0.645. The summed E-state index contributed by atoms with van der Waals surface area (Å²) < 4.78 is 0. The molecule has 0 N–H and O–H groups in total. The van der Waals surface area contributed by atoms with Gasteiger partial charge in [-0.15, -0.1) is 0 Å². The lowest BCUT2D eigenvalue weighted by Gasteiger charge is -2.37. The summed E-state index contributed by atoms with van der Waals surface area (Å²) in [5.41, 5.74) is 13.2. The highest BCUT2D eigenvalue weighted by Crippen LogP contribution is 2.54. The molecule has 0 aromatic heterocycles. The van der Waals surface area contributed by atoms with Crippen LogP contribution in [0.25, 0.3) is 65.0 Å². The van der Waals surface area contributed by atoms with Crippen LogP contribution in [0.5, 0.6) is 0 Å². The van der Waals surface area contributed by atoms with Gasteiger partial charge in [0.2, 0.25) is 0 Å². The lowest BCUT2D eigenvalue weighted by atomic mass is 9.67. The fourth-order valence-corrected chi connectivity index (χ4v) is 10.5. The van der Waals surface area contributed by atoms with E-state index >= 15 is 0 Å². The Balaban J connectivity index is 1.03. The van der Waals surface area contributed by atoms with Crippen LogP contribution in [0.1, 0.15) is 30.5 Å². The van der Waals surface area contributed by atoms with E-state index in [1.807, 2.05) is 0 Å². The molecule has 0 bridgehead atoms. The minimum atomic E-state index is -0.262. The van der Waals surface area contributed by atoms with E-state index in [1.165, 1.54) is 81.7 Å². The van der Waals surface area contributed by atoms with Gasteiger partial charge in [0.25, 0.3) is 0 Å². The first-order valence-electron chi connectivity index (χ1n) is 21.7. The summed E-state index contributed by atoms with van der Waals surface area (Å²) >= 11 is 0. The van der Waals surface area contributed by atoms with Crippen molar-refractivity contribution in [3.05, 3.63) is 229 Å². The number of nitrogens with zero attached hydrogens (tertiary/aromatic N) is 2. The summed E-state index contributed by atoms with van der Waals surface area (Å²) in [5.74, 6) is 0. The van der Waals surface area contributed by atoms with Gasteiger partial charge in [0.15, 0.2) is 0 Å². The Hall–Kier alpha value is -7.68. The van der Waals surface area contributed by atoms with E-state index < -0.39 is 0 Å². The fraction of sp³-hybridized carbons (Fsp3) is 0.0667. The number of anilines is 6. The maximum atomic E-state index is 2.46. The Labute approximate surface area is 362 Å². The molecule has 0 aliphatic heterocycles. The fourth-order valence-electron chi connectivity index (χ4n) is 10.5. The van der Waals surface area contributed by atoms with E-state index in [-0.39, 0.29) is 5.41 Å². The van der Waals surface area contributed by atoms with E-state index in [9.17, 15) is 0 Å². The first kappa shape index (κ1) is 36.2. The molecular weight excluding hydrogens is 749 g/mol. The van der Waals surface area contributed by atoms with Gasteiger partial charge in [0.1, 0.15) is 0 Å². The minimum Gasteiger partial charge on any atom is -0.310 e. The standard InChI is InChI=1S/C60H44N2/c1-39-50-32-29-48(61(44-18-6-4-7-19-44)46-28-27-40-15-10-11-17-42(40)35-46)37-55(50)53-23-14-24-56-59(53)58(39)54-34-31-49(38-57(54)60(56,2)3)62(45-20-8-5-9-21-45)47-30-33-52-43(36-47)26-25-41-16-12-13-22-51(41)52/h4-38H,1-3H3. The number of hydrogen-bond acceptors (Lipinski definition) is 2. The van der Waals surface area contributed by atoms with Crippen LogP contribution in [0.3, 0.4) is 0 Å². The maximum Gasteiger partial charge on any atom is 0.0468 e. The second kappa shape index (κ2) is 13.9. The molecule has 0 radical (unpaired) electrons. The zero-order chi connectivity index (χ0) is 41.5. The van der Waals surface area contributed by atoms with Crippen LogP contribution in [0.4, 0.5) is 34.1 Å². The lowest BCUT2D eigenvalue weighted by Crippen LogP contribution is -2.25. The molecule has 11 aromatic carbocycles. The average molecular weight is 793 g/mol. The average Bonchev–Trinajstić information content (AvgIpc) is 3.32. The number of fused-ring (bicyclic) bond motifs is 8. The van der Waals surface area contributed by atoms with Crippen molar-refractivity contribution in [2.45, 2.75) is 26.2 Å².